The number of nitrogen functional groups attached to an aromatic ring is 1. The van der Waals surface area contributed by atoms with Gasteiger partial charge >= 0.3 is 0 Å². The van der Waals surface area contributed by atoms with Crippen LogP contribution in [0.3, 0.4) is 0 Å². The van der Waals surface area contributed by atoms with Gasteiger partial charge in [0.1, 0.15) is 0 Å². The summed E-state index contributed by atoms with van der Waals surface area (Å²) in [7, 11) is 0. The van der Waals surface area contributed by atoms with E-state index in [1.54, 1.807) is 13.0 Å². The number of amides is 1. The van der Waals surface area contributed by atoms with E-state index >= 15 is 0 Å². The predicted octanol–water partition coefficient (Wildman–Crippen LogP) is 0.749. The molecule has 0 bridgehead atoms. The number of hydrogen-bond acceptors (Lipinski definition) is 4. The van der Waals surface area contributed by atoms with Gasteiger partial charge in [-0.05, 0) is 19.9 Å². The lowest BCUT2D eigenvalue weighted by molar-refractivity contribution is 0.0926. The van der Waals surface area contributed by atoms with Crippen LogP contribution < -0.4 is 11.1 Å². The van der Waals surface area contributed by atoms with Crippen molar-refractivity contribution in [3.8, 4) is 0 Å². The molecule has 4 nitrogen and oxygen atoms in total. The lowest BCUT2D eigenvalue weighted by Gasteiger charge is -2.08. The third-order valence-corrected chi connectivity index (χ3v) is 2.90. The third kappa shape index (κ3) is 2.46. The molecular weight excluding hydrogens is 200 g/mol. The molecule has 0 aromatic carbocycles. The third-order valence-electron chi connectivity index (χ3n) is 1.83. The number of rotatable bonds is 3. The molecule has 0 saturated heterocycles. The molecule has 1 rings (SSSR count). The second-order valence-corrected chi connectivity index (χ2v) is 4.44. The van der Waals surface area contributed by atoms with Crippen molar-refractivity contribution in [3.63, 3.8) is 0 Å². The highest BCUT2D eigenvalue weighted by Gasteiger charge is 2.12. The molecule has 78 valence electrons. The molecule has 0 fully saturated rings. The maximum atomic E-state index is 11.5. The minimum Gasteiger partial charge on any atom is -0.398 e. The van der Waals surface area contributed by atoms with E-state index < -0.39 is 0 Å². The number of anilines is 1. The quantitative estimate of drug-likeness (QED) is 0.695. The van der Waals surface area contributed by atoms with Gasteiger partial charge in [-0.25, -0.2) is 0 Å². The largest absolute Gasteiger partial charge is 0.398 e. The second kappa shape index (κ2) is 4.43. The van der Waals surface area contributed by atoms with Gasteiger partial charge in [-0.2, -0.15) is 0 Å². The molecule has 0 aliphatic carbocycles. The summed E-state index contributed by atoms with van der Waals surface area (Å²) in [5.41, 5.74) is 6.26. The van der Waals surface area contributed by atoms with Crippen molar-refractivity contribution >= 4 is 22.9 Å². The second-order valence-electron chi connectivity index (χ2n) is 3.18. The van der Waals surface area contributed by atoms with Gasteiger partial charge in [-0.1, -0.05) is 0 Å². The Bertz CT molecular complexity index is 316. The minimum atomic E-state index is -0.230. The SMILES string of the molecule is Cc1sc(C(=O)NC(C)CO)cc1N. The molecule has 0 spiro atoms. The van der Waals surface area contributed by atoms with Crippen LogP contribution in [0, 0.1) is 6.92 Å². The van der Waals surface area contributed by atoms with Crippen LogP contribution in [0.4, 0.5) is 5.69 Å². The Labute approximate surface area is 86.7 Å². The molecule has 1 unspecified atom stereocenters. The summed E-state index contributed by atoms with van der Waals surface area (Å²) < 4.78 is 0. The number of aliphatic hydroxyl groups is 1. The van der Waals surface area contributed by atoms with Crippen LogP contribution in [0.25, 0.3) is 0 Å². The van der Waals surface area contributed by atoms with E-state index in [2.05, 4.69) is 5.32 Å². The van der Waals surface area contributed by atoms with E-state index in [-0.39, 0.29) is 18.6 Å². The summed E-state index contributed by atoms with van der Waals surface area (Å²) in [6.45, 7) is 3.54. The molecular formula is C9H14N2O2S. The zero-order valence-electron chi connectivity index (χ0n) is 8.20. The molecule has 1 heterocycles. The Morgan fingerprint density at radius 3 is 2.86 bits per heavy atom. The number of aliphatic hydroxyl groups excluding tert-OH is 1. The van der Waals surface area contributed by atoms with E-state index in [4.69, 9.17) is 10.8 Å². The molecule has 1 atom stereocenters. The monoisotopic (exact) mass is 214 g/mol. The van der Waals surface area contributed by atoms with Gasteiger partial charge in [0.05, 0.1) is 11.5 Å². The Kier molecular flexibility index (Phi) is 3.49. The zero-order valence-corrected chi connectivity index (χ0v) is 9.02. The fraction of sp³-hybridized carbons (Fsp3) is 0.444. The molecule has 1 aromatic rings. The first-order valence-electron chi connectivity index (χ1n) is 4.32. The normalized spacial score (nSPS) is 12.5. The van der Waals surface area contributed by atoms with Crippen LogP contribution in [-0.2, 0) is 0 Å². The average molecular weight is 214 g/mol. The van der Waals surface area contributed by atoms with Crippen LogP contribution >= 0.6 is 11.3 Å². The Morgan fingerprint density at radius 2 is 2.43 bits per heavy atom. The van der Waals surface area contributed by atoms with E-state index in [0.717, 1.165) is 4.88 Å². The first-order chi connectivity index (χ1) is 6.54. The van der Waals surface area contributed by atoms with E-state index in [1.807, 2.05) is 6.92 Å². The minimum absolute atomic E-state index is 0.0639. The Hall–Kier alpha value is -1.07. The summed E-state index contributed by atoms with van der Waals surface area (Å²) in [6.07, 6.45) is 0. The number of nitrogens with one attached hydrogen (secondary N) is 1. The van der Waals surface area contributed by atoms with Gasteiger partial charge in [-0.3, -0.25) is 4.79 Å². The Morgan fingerprint density at radius 1 is 1.79 bits per heavy atom. The van der Waals surface area contributed by atoms with Gasteiger partial charge in [0, 0.05) is 16.6 Å². The van der Waals surface area contributed by atoms with Crippen LogP contribution in [0.15, 0.2) is 6.07 Å². The van der Waals surface area contributed by atoms with Crippen LogP contribution in [-0.4, -0.2) is 23.7 Å². The topological polar surface area (TPSA) is 75.3 Å². The van der Waals surface area contributed by atoms with Crippen LogP contribution in [0.2, 0.25) is 0 Å². The van der Waals surface area contributed by atoms with Crippen molar-refractivity contribution < 1.29 is 9.90 Å². The first kappa shape index (κ1) is 11.0. The lowest BCUT2D eigenvalue weighted by Crippen LogP contribution is -2.34. The van der Waals surface area contributed by atoms with Gasteiger partial charge in [0.25, 0.3) is 5.91 Å². The lowest BCUT2D eigenvalue weighted by atomic mass is 10.3. The molecule has 14 heavy (non-hydrogen) atoms. The van der Waals surface area contributed by atoms with Crippen molar-refractivity contribution in [2.45, 2.75) is 19.9 Å². The maximum absolute atomic E-state index is 11.5. The zero-order chi connectivity index (χ0) is 10.7. The summed E-state index contributed by atoms with van der Waals surface area (Å²) in [5, 5.41) is 11.4. The number of hydrogen-bond donors (Lipinski definition) is 3. The molecule has 1 amide bonds. The standard InChI is InChI=1S/C9H14N2O2S/c1-5(4-12)11-9(13)8-3-7(10)6(2)14-8/h3,5,12H,4,10H2,1-2H3,(H,11,13). The van der Waals surface area contributed by atoms with Gasteiger partial charge in [-0.15, -0.1) is 11.3 Å². The predicted molar refractivity (Wildman–Crippen MR) is 57.5 cm³/mol. The van der Waals surface area contributed by atoms with Crippen molar-refractivity contribution in [1.82, 2.24) is 5.32 Å². The molecule has 1 aromatic heterocycles. The van der Waals surface area contributed by atoms with Crippen molar-refractivity contribution in [1.29, 1.82) is 0 Å². The van der Waals surface area contributed by atoms with Crippen molar-refractivity contribution in [3.05, 3.63) is 15.8 Å². The first-order valence-corrected chi connectivity index (χ1v) is 5.14. The molecule has 0 radical (unpaired) electrons. The number of aryl methyl sites for hydroxylation is 1. The van der Waals surface area contributed by atoms with Gasteiger partial charge in [0.15, 0.2) is 0 Å². The van der Waals surface area contributed by atoms with Crippen molar-refractivity contribution in [2.24, 2.45) is 0 Å². The van der Waals surface area contributed by atoms with Gasteiger partial charge in [0.2, 0.25) is 0 Å². The maximum Gasteiger partial charge on any atom is 0.261 e. The van der Waals surface area contributed by atoms with Crippen LogP contribution in [0.5, 0.6) is 0 Å². The highest BCUT2D eigenvalue weighted by atomic mass is 32.1. The number of carbonyl (C=O) groups is 1. The molecule has 0 aliphatic rings. The van der Waals surface area contributed by atoms with E-state index in [1.165, 1.54) is 11.3 Å². The average Bonchev–Trinajstić information content (AvgIpc) is 2.47. The van der Waals surface area contributed by atoms with Crippen LogP contribution in [0.1, 0.15) is 21.5 Å². The molecule has 0 saturated carbocycles. The summed E-state index contributed by atoms with van der Waals surface area (Å²) in [5.74, 6) is -0.184. The smallest absolute Gasteiger partial charge is 0.261 e. The van der Waals surface area contributed by atoms with Crippen molar-refractivity contribution in [2.75, 3.05) is 12.3 Å². The summed E-state index contributed by atoms with van der Waals surface area (Å²) >= 11 is 1.36. The highest BCUT2D eigenvalue weighted by Crippen LogP contribution is 2.23. The van der Waals surface area contributed by atoms with E-state index in [9.17, 15) is 4.79 Å². The molecule has 4 N–H and O–H groups in total. The Balaban J connectivity index is 2.70. The number of carbonyl (C=O) groups excluding carboxylic acids is 1. The number of thiophene rings is 1. The van der Waals surface area contributed by atoms with Gasteiger partial charge < -0.3 is 16.2 Å². The summed E-state index contributed by atoms with van der Waals surface area (Å²) in [6, 6.07) is 1.42. The fourth-order valence-corrected chi connectivity index (χ4v) is 1.79. The summed E-state index contributed by atoms with van der Waals surface area (Å²) in [4.78, 5) is 13.0. The van der Waals surface area contributed by atoms with E-state index in [0.29, 0.717) is 10.6 Å². The highest BCUT2D eigenvalue weighted by molar-refractivity contribution is 7.14. The molecule has 0 aliphatic heterocycles. The fourth-order valence-electron chi connectivity index (χ4n) is 0.949. The molecule has 5 heteroatoms. The number of nitrogens with two attached hydrogens (primary N) is 1.